The van der Waals surface area contributed by atoms with E-state index in [-0.39, 0.29) is 10.7 Å². The van der Waals surface area contributed by atoms with Crippen LogP contribution in [0.1, 0.15) is 43.6 Å². The van der Waals surface area contributed by atoms with Crippen molar-refractivity contribution in [1.82, 2.24) is 4.98 Å². The van der Waals surface area contributed by atoms with E-state index in [2.05, 4.69) is 17.6 Å². The van der Waals surface area contributed by atoms with E-state index in [0.717, 1.165) is 5.47 Å². The molecule has 0 saturated carbocycles. The molecule has 0 spiro atoms. The number of pyridine rings is 1. The molecule has 2 rings (SSSR count). The highest BCUT2D eigenvalue weighted by atomic mass is 35.5. The van der Waals surface area contributed by atoms with Crippen LogP contribution in [-0.4, -0.2) is 40.1 Å². The summed E-state index contributed by atoms with van der Waals surface area (Å²) in [6.07, 6.45) is 3.10. The van der Waals surface area contributed by atoms with Gasteiger partial charge in [0.25, 0.3) is 0 Å². The normalized spacial score (nSPS) is 19.9. The number of nitrogens with zero attached hydrogens (tertiary/aromatic N) is 1. The van der Waals surface area contributed by atoms with Gasteiger partial charge in [0.2, 0.25) is 0 Å². The maximum absolute atomic E-state index is 11.4. The van der Waals surface area contributed by atoms with E-state index in [1.807, 2.05) is 27.7 Å². The fourth-order valence-electron chi connectivity index (χ4n) is 2.12. The standard InChI is InChI=1S/C15H19BClNO4S/c1-14(2)15(3,4)22-16(21-14)10(8-23)5-9-7-18-12(17)6-11(9)13(19)20/h5-7,23H,8H2,1-4H3,(H,19,20). The number of hydrogen-bond donors (Lipinski definition) is 2. The van der Waals surface area contributed by atoms with E-state index in [1.165, 1.54) is 12.3 Å². The first-order chi connectivity index (χ1) is 10.6. The third kappa shape index (κ3) is 3.74. The molecule has 0 radical (unpaired) electrons. The van der Waals surface area contributed by atoms with Crippen molar-refractivity contribution < 1.29 is 19.2 Å². The second-order valence-electron chi connectivity index (χ2n) is 6.37. The molecule has 0 aromatic carbocycles. The lowest BCUT2D eigenvalue weighted by Crippen LogP contribution is -2.41. The second kappa shape index (κ2) is 6.47. The zero-order valence-corrected chi connectivity index (χ0v) is 15.1. The SMILES string of the molecule is CC1(C)OB(C(=Cc2cnc(Cl)cc2C(=O)O)CS)OC1(C)C. The molecule has 0 bridgehead atoms. The zero-order valence-electron chi connectivity index (χ0n) is 13.5. The minimum atomic E-state index is -1.08. The first kappa shape index (κ1) is 18.3. The number of carboxylic acids is 1. The van der Waals surface area contributed by atoms with Crippen molar-refractivity contribution in [1.29, 1.82) is 0 Å². The predicted molar refractivity (Wildman–Crippen MR) is 94.1 cm³/mol. The van der Waals surface area contributed by atoms with Gasteiger partial charge >= 0.3 is 13.1 Å². The Kier molecular flexibility index (Phi) is 5.16. The topological polar surface area (TPSA) is 68.7 Å². The molecular formula is C15H19BClNO4S. The fraction of sp³-hybridized carbons (Fsp3) is 0.467. The first-order valence-corrected chi connectivity index (χ1v) is 8.14. The maximum Gasteiger partial charge on any atom is 0.491 e. The molecule has 5 nitrogen and oxygen atoms in total. The fourth-order valence-corrected chi connectivity index (χ4v) is 2.52. The molecule has 1 aliphatic heterocycles. The van der Waals surface area contributed by atoms with Gasteiger partial charge in [-0.05, 0) is 39.2 Å². The average Bonchev–Trinajstić information content (AvgIpc) is 2.65. The largest absolute Gasteiger partial charge is 0.491 e. The third-order valence-corrected chi connectivity index (χ3v) is 4.78. The number of halogens is 1. The van der Waals surface area contributed by atoms with Crippen LogP contribution >= 0.6 is 24.2 Å². The number of carboxylic acid groups (broad SMARTS) is 1. The van der Waals surface area contributed by atoms with Crippen molar-refractivity contribution in [2.24, 2.45) is 0 Å². The number of rotatable bonds is 4. The van der Waals surface area contributed by atoms with Crippen molar-refractivity contribution in [2.75, 3.05) is 5.75 Å². The Hall–Kier alpha value is -1.02. The van der Waals surface area contributed by atoms with E-state index in [4.69, 9.17) is 20.9 Å². The number of hydrogen-bond acceptors (Lipinski definition) is 5. The summed E-state index contributed by atoms with van der Waals surface area (Å²) >= 11 is 10.1. The number of aromatic carboxylic acids is 1. The zero-order chi connectivity index (χ0) is 17.4. The lowest BCUT2D eigenvalue weighted by atomic mass is 9.78. The van der Waals surface area contributed by atoms with Crippen molar-refractivity contribution >= 4 is 43.4 Å². The summed E-state index contributed by atoms with van der Waals surface area (Å²) in [6, 6.07) is 1.32. The minimum Gasteiger partial charge on any atom is -0.478 e. The smallest absolute Gasteiger partial charge is 0.478 e. The number of thiol groups is 1. The lowest BCUT2D eigenvalue weighted by Gasteiger charge is -2.32. The van der Waals surface area contributed by atoms with E-state index >= 15 is 0 Å². The number of aromatic nitrogens is 1. The number of carbonyl (C=O) groups is 1. The third-order valence-electron chi connectivity index (χ3n) is 4.21. The molecule has 1 aromatic rings. The van der Waals surface area contributed by atoms with Crippen LogP contribution in [0.4, 0.5) is 0 Å². The van der Waals surface area contributed by atoms with Crippen molar-refractivity contribution in [3.8, 4) is 0 Å². The second-order valence-corrected chi connectivity index (χ2v) is 7.07. The average molecular weight is 356 g/mol. The van der Waals surface area contributed by atoms with Gasteiger partial charge in [0, 0.05) is 17.5 Å². The van der Waals surface area contributed by atoms with Gasteiger partial charge in [-0.1, -0.05) is 17.7 Å². The van der Waals surface area contributed by atoms with Gasteiger partial charge in [-0.25, -0.2) is 9.78 Å². The van der Waals surface area contributed by atoms with Gasteiger partial charge in [0.05, 0.1) is 16.8 Å². The highest BCUT2D eigenvalue weighted by Crippen LogP contribution is 2.39. The van der Waals surface area contributed by atoms with E-state index < -0.39 is 24.3 Å². The summed E-state index contributed by atoms with van der Waals surface area (Å²) in [4.78, 5) is 15.3. The summed E-state index contributed by atoms with van der Waals surface area (Å²) in [5.74, 6) is -0.716. The van der Waals surface area contributed by atoms with Gasteiger partial charge in [-0.3, -0.25) is 0 Å². The molecule has 124 valence electrons. The van der Waals surface area contributed by atoms with Crippen LogP contribution < -0.4 is 0 Å². The minimum absolute atomic E-state index is 0.0702. The van der Waals surface area contributed by atoms with E-state index in [0.29, 0.717) is 11.3 Å². The van der Waals surface area contributed by atoms with Gasteiger partial charge in [0.15, 0.2) is 0 Å². The van der Waals surface area contributed by atoms with Crippen LogP contribution in [0.5, 0.6) is 0 Å². The molecule has 1 saturated heterocycles. The molecule has 1 fully saturated rings. The van der Waals surface area contributed by atoms with Gasteiger partial charge in [0.1, 0.15) is 5.15 Å². The summed E-state index contributed by atoms with van der Waals surface area (Å²) in [7, 11) is -0.588. The predicted octanol–water partition coefficient (Wildman–Crippen LogP) is 3.38. The Morgan fingerprint density at radius 1 is 1.39 bits per heavy atom. The van der Waals surface area contributed by atoms with E-state index in [1.54, 1.807) is 6.08 Å². The van der Waals surface area contributed by atoms with Crippen molar-refractivity contribution in [2.45, 2.75) is 38.9 Å². The Balaban J connectivity index is 2.40. The summed E-state index contributed by atoms with van der Waals surface area (Å²) in [6.45, 7) is 7.82. The monoisotopic (exact) mass is 355 g/mol. The molecule has 0 unspecified atom stereocenters. The van der Waals surface area contributed by atoms with Crippen LogP contribution in [0.3, 0.4) is 0 Å². The van der Waals surface area contributed by atoms with Crippen LogP contribution in [0.2, 0.25) is 5.15 Å². The Labute approximate surface area is 146 Å². The lowest BCUT2D eigenvalue weighted by molar-refractivity contribution is 0.00578. The van der Waals surface area contributed by atoms with Crippen LogP contribution in [0, 0.1) is 0 Å². The molecule has 1 aromatic heterocycles. The Bertz CT molecular complexity index is 647. The summed E-state index contributed by atoms with van der Waals surface area (Å²) in [5.41, 5.74) is 0.265. The van der Waals surface area contributed by atoms with Crippen LogP contribution in [0.15, 0.2) is 17.7 Å². The first-order valence-electron chi connectivity index (χ1n) is 7.13. The molecule has 1 N–H and O–H groups in total. The molecule has 0 amide bonds. The molecular weight excluding hydrogens is 337 g/mol. The quantitative estimate of drug-likeness (QED) is 0.492. The summed E-state index contributed by atoms with van der Waals surface area (Å²) < 4.78 is 12.0. The molecule has 1 aliphatic rings. The van der Waals surface area contributed by atoms with Gasteiger partial charge in [-0.15, -0.1) is 0 Å². The molecule has 8 heteroatoms. The summed E-state index contributed by atoms with van der Waals surface area (Å²) in [5, 5.41) is 9.44. The highest BCUT2D eigenvalue weighted by molar-refractivity contribution is 7.80. The molecule has 0 atom stereocenters. The van der Waals surface area contributed by atoms with Gasteiger partial charge in [-0.2, -0.15) is 12.6 Å². The molecule has 2 heterocycles. The van der Waals surface area contributed by atoms with Crippen LogP contribution in [0.25, 0.3) is 6.08 Å². The van der Waals surface area contributed by atoms with E-state index in [9.17, 15) is 9.90 Å². The Morgan fingerprint density at radius 2 is 1.96 bits per heavy atom. The maximum atomic E-state index is 11.4. The molecule has 0 aliphatic carbocycles. The van der Waals surface area contributed by atoms with Crippen LogP contribution in [-0.2, 0) is 9.31 Å². The Morgan fingerprint density at radius 3 is 2.43 bits per heavy atom. The molecule has 23 heavy (non-hydrogen) atoms. The highest BCUT2D eigenvalue weighted by Gasteiger charge is 2.52. The van der Waals surface area contributed by atoms with Crippen molar-refractivity contribution in [3.05, 3.63) is 34.0 Å². The van der Waals surface area contributed by atoms with Gasteiger partial charge < -0.3 is 14.4 Å². The van der Waals surface area contributed by atoms with Crippen molar-refractivity contribution in [3.63, 3.8) is 0 Å².